The molecule has 0 atom stereocenters. The molecule has 1 fully saturated rings. The van der Waals surface area contributed by atoms with Crippen LogP contribution in [-0.2, 0) is 9.53 Å². The summed E-state index contributed by atoms with van der Waals surface area (Å²) in [6, 6.07) is 17.7. The van der Waals surface area contributed by atoms with E-state index in [2.05, 4.69) is 0 Å². The number of carbonyl (C=O) groups excluding carboxylic acids is 2. The summed E-state index contributed by atoms with van der Waals surface area (Å²) in [6.07, 6.45) is 3.06. The van der Waals surface area contributed by atoms with E-state index in [1.807, 2.05) is 79.5 Å². The fourth-order valence-electron chi connectivity index (χ4n) is 4.03. The zero-order valence-electron chi connectivity index (χ0n) is 18.0. The molecule has 0 unspecified atom stereocenters. The monoisotopic (exact) mass is 417 g/mol. The van der Waals surface area contributed by atoms with Crippen LogP contribution in [0.2, 0.25) is 0 Å². The van der Waals surface area contributed by atoms with Gasteiger partial charge in [-0.15, -0.1) is 0 Å². The molecule has 0 aliphatic carbocycles. The molecule has 0 N–H and O–H groups in total. The average Bonchev–Trinajstić information content (AvgIpc) is 3.25. The molecule has 6 heteroatoms. The Hall–Kier alpha value is -3.41. The Bertz CT molecular complexity index is 1070. The summed E-state index contributed by atoms with van der Waals surface area (Å²) in [5.41, 5.74) is 4.17. The van der Waals surface area contributed by atoms with Crippen LogP contribution in [0.15, 0.2) is 60.8 Å². The number of aryl methyl sites for hydroxylation is 1. The van der Waals surface area contributed by atoms with Gasteiger partial charge in [-0.1, -0.05) is 42.5 Å². The molecule has 0 saturated carbocycles. The molecule has 1 aliphatic heterocycles. The lowest BCUT2D eigenvalue weighted by Crippen LogP contribution is -2.40. The third kappa shape index (κ3) is 4.38. The number of nitrogens with zero attached hydrogens (tertiary/aromatic N) is 3. The van der Waals surface area contributed by atoms with Gasteiger partial charge in [-0.3, -0.25) is 9.59 Å². The standard InChI is InChI=1S/C25H27N3O3/c1-3-31-25(30)19-13-15-27(16-14-19)24(29)22-17-28(20-10-5-4-6-11-20)26-23(22)21-12-8-7-9-18(21)2/h4-12,17,19H,3,13-16H2,1-2H3. The van der Waals surface area contributed by atoms with E-state index < -0.39 is 0 Å². The van der Waals surface area contributed by atoms with Crippen molar-refractivity contribution in [2.75, 3.05) is 19.7 Å². The maximum absolute atomic E-state index is 13.5. The highest BCUT2D eigenvalue weighted by atomic mass is 16.5. The van der Waals surface area contributed by atoms with Gasteiger partial charge in [0.1, 0.15) is 5.69 Å². The summed E-state index contributed by atoms with van der Waals surface area (Å²) in [4.78, 5) is 27.4. The number of piperidine rings is 1. The minimum absolute atomic E-state index is 0.0530. The minimum atomic E-state index is -0.160. The fourth-order valence-corrected chi connectivity index (χ4v) is 4.03. The van der Waals surface area contributed by atoms with Gasteiger partial charge in [-0.2, -0.15) is 5.10 Å². The number of rotatable bonds is 5. The van der Waals surface area contributed by atoms with Crippen molar-refractivity contribution in [1.29, 1.82) is 0 Å². The van der Waals surface area contributed by atoms with Crippen molar-refractivity contribution in [3.8, 4) is 16.9 Å². The number of esters is 1. The van der Waals surface area contributed by atoms with E-state index in [1.54, 1.807) is 4.68 Å². The molecule has 1 aromatic heterocycles. The van der Waals surface area contributed by atoms with E-state index in [4.69, 9.17) is 9.84 Å². The van der Waals surface area contributed by atoms with Crippen LogP contribution in [0.4, 0.5) is 0 Å². The van der Waals surface area contributed by atoms with Gasteiger partial charge < -0.3 is 9.64 Å². The van der Waals surface area contributed by atoms with Crippen molar-refractivity contribution in [3.63, 3.8) is 0 Å². The summed E-state index contributed by atoms with van der Waals surface area (Å²) in [6.45, 7) is 5.29. The van der Waals surface area contributed by atoms with Crippen molar-refractivity contribution in [1.82, 2.24) is 14.7 Å². The lowest BCUT2D eigenvalue weighted by molar-refractivity contribution is -0.149. The number of benzene rings is 2. The van der Waals surface area contributed by atoms with Crippen molar-refractivity contribution < 1.29 is 14.3 Å². The molecule has 0 spiro atoms. The van der Waals surface area contributed by atoms with Crippen LogP contribution >= 0.6 is 0 Å². The molecule has 6 nitrogen and oxygen atoms in total. The van der Waals surface area contributed by atoms with Gasteiger partial charge >= 0.3 is 5.97 Å². The van der Waals surface area contributed by atoms with E-state index in [0.717, 1.165) is 16.8 Å². The lowest BCUT2D eigenvalue weighted by Gasteiger charge is -2.30. The Kier molecular flexibility index (Phi) is 6.16. The highest BCUT2D eigenvalue weighted by Crippen LogP contribution is 2.29. The molecule has 1 aliphatic rings. The van der Waals surface area contributed by atoms with E-state index in [0.29, 0.717) is 43.8 Å². The van der Waals surface area contributed by atoms with E-state index in [9.17, 15) is 9.59 Å². The molecule has 0 radical (unpaired) electrons. The highest BCUT2D eigenvalue weighted by molar-refractivity contribution is 6.00. The summed E-state index contributed by atoms with van der Waals surface area (Å²) in [5.74, 6) is -0.346. The van der Waals surface area contributed by atoms with Crippen LogP contribution in [0, 0.1) is 12.8 Å². The molecule has 3 aromatic rings. The number of amides is 1. The number of hydrogen-bond donors (Lipinski definition) is 0. The molecule has 2 aromatic carbocycles. The highest BCUT2D eigenvalue weighted by Gasteiger charge is 2.31. The predicted octanol–water partition coefficient (Wildman–Crippen LogP) is 4.26. The first-order valence-corrected chi connectivity index (χ1v) is 10.8. The third-order valence-corrected chi connectivity index (χ3v) is 5.77. The quantitative estimate of drug-likeness (QED) is 0.582. The van der Waals surface area contributed by atoms with Crippen LogP contribution in [0.1, 0.15) is 35.7 Å². The average molecular weight is 418 g/mol. The Labute approximate surface area is 182 Å². The maximum atomic E-state index is 13.5. The van der Waals surface area contributed by atoms with Gasteiger partial charge in [0.15, 0.2) is 0 Å². The smallest absolute Gasteiger partial charge is 0.309 e. The van der Waals surface area contributed by atoms with Gasteiger partial charge in [-0.25, -0.2) is 4.68 Å². The molecule has 0 bridgehead atoms. The van der Waals surface area contributed by atoms with Gasteiger partial charge in [0.2, 0.25) is 0 Å². The fraction of sp³-hybridized carbons (Fsp3) is 0.320. The number of para-hydroxylation sites is 1. The predicted molar refractivity (Wildman–Crippen MR) is 119 cm³/mol. The number of ether oxygens (including phenoxy) is 1. The van der Waals surface area contributed by atoms with Gasteiger partial charge in [0.05, 0.1) is 23.8 Å². The lowest BCUT2D eigenvalue weighted by atomic mass is 9.96. The van der Waals surface area contributed by atoms with Gasteiger partial charge in [-0.05, 0) is 44.4 Å². The Morgan fingerprint density at radius 3 is 2.39 bits per heavy atom. The Balaban J connectivity index is 1.64. The summed E-state index contributed by atoms with van der Waals surface area (Å²) < 4.78 is 6.91. The van der Waals surface area contributed by atoms with Crippen molar-refractivity contribution >= 4 is 11.9 Å². The maximum Gasteiger partial charge on any atom is 0.309 e. The Morgan fingerprint density at radius 2 is 1.71 bits per heavy atom. The van der Waals surface area contributed by atoms with Crippen molar-refractivity contribution in [2.24, 2.45) is 5.92 Å². The molecule has 2 heterocycles. The largest absolute Gasteiger partial charge is 0.466 e. The van der Waals surface area contributed by atoms with Crippen LogP contribution in [-0.4, -0.2) is 46.3 Å². The van der Waals surface area contributed by atoms with Crippen molar-refractivity contribution in [2.45, 2.75) is 26.7 Å². The number of likely N-dealkylation sites (tertiary alicyclic amines) is 1. The van der Waals surface area contributed by atoms with Crippen LogP contribution in [0.3, 0.4) is 0 Å². The number of aromatic nitrogens is 2. The molecule has 31 heavy (non-hydrogen) atoms. The first kappa shape index (κ1) is 20.8. The SMILES string of the molecule is CCOC(=O)C1CCN(C(=O)c2cn(-c3ccccc3)nc2-c2ccccc2C)CC1. The number of hydrogen-bond acceptors (Lipinski definition) is 4. The second-order valence-electron chi connectivity index (χ2n) is 7.80. The zero-order chi connectivity index (χ0) is 21.8. The molecule has 1 saturated heterocycles. The normalized spacial score (nSPS) is 14.5. The number of carbonyl (C=O) groups is 2. The second-order valence-corrected chi connectivity index (χ2v) is 7.80. The van der Waals surface area contributed by atoms with Crippen LogP contribution < -0.4 is 0 Å². The third-order valence-electron chi connectivity index (χ3n) is 5.77. The van der Waals surface area contributed by atoms with Gasteiger partial charge in [0, 0.05) is 24.8 Å². The first-order chi connectivity index (χ1) is 15.1. The topological polar surface area (TPSA) is 64.4 Å². The second kappa shape index (κ2) is 9.16. The van der Waals surface area contributed by atoms with E-state index >= 15 is 0 Å². The van der Waals surface area contributed by atoms with E-state index in [-0.39, 0.29) is 17.8 Å². The first-order valence-electron chi connectivity index (χ1n) is 10.8. The van der Waals surface area contributed by atoms with Gasteiger partial charge in [0.25, 0.3) is 5.91 Å². The summed E-state index contributed by atoms with van der Waals surface area (Å²) >= 11 is 0. The summed E-state index contributed by atoms with van der Waals surface area (Å²) in [5, 5.41) is 4.79. The van der Waals surface area contributed by atoms with E-state index in [1.165, 1.54) is 0 Å². The minimum Gasteiger partial charge on any atom is -0.466 e. The molecule has 4 rings (SSSR count). The molecular formula is C25H27N3O3. The van der Waals surface area contributed by atoms with Crippen LogP contribution in [0.5, 0.6) is 0 Å². The van der Waals surface area contributed by atoms with Crippen molar-refractivity contribution in [3.05, 3.63) is 71.9 Å². The Morgan fingerprint density at radius 1 is 1.03 bits per heavy atom. The van der Waals surface area contributed by atoms with Crippen LogP contribution in [0.25, 0.3) is 16.9 Å². The summed E-state index contributed by atoms with van der Waals surface area (Å²) in [7, 11) is 0. The zero-order valence-corrected chi connectivity index (χ0v) is 18.0. The molecule has 160 valence electrons. The molecule has 1 amide bonds. The molecular weight excluding hydrogens is 390 g/mol.